The number of rotatable bonds is 37. The Bertz CT molecular complexity index is 1140. The van der Waals surface area contributed by atoms with Gasteiger partial charge in [-0.15, -0.1) is 0 Å². The molecule has 4 unspecified atom stereocenters. The number of hydrogen-bond donors (Lipinski definition) is 2. The Hall–Kier alpha value is -2.33. The number of phosphoric acid groups is 1. The topological polar surface area (TPSA) is 147 Å². The van der Waals surface area contributed by atoms with Crippen molar-refractivity contribution in [1.82, 2.24) is 0 Å². The van der Waals surface area contributed by atoms with E-state index in [0.29, 0.717) is 31.5 Å². The molecule has 1 saturated heterocycles. The van der Waals surface area contributed by atoms with Crippen LogP contribution in [0.2, 0.25) is 0 Å². The number of hydrogen-bond acceptors (Lipinski definition) is 9. The van der Waals surface area contributed by atoms with E-state index < -0.39 is 32.5 Å². The van der Waals surface area contributed by atoms with Gasteiger partial charge in [0.1, 0.15) is 6.61 Å². The second-order valence-electron chi connectivity index (χ2n) is 13.9. The van der Waals surface area contributed by atoms with Crippen molar-refractivity contribution in [1.29, 1.82) is 0 Å². The van der Waals surface area contributed by atoms with Crippen LogP contribution < -0.4 is 5.73 Å². The lowest BCUT2D eigenvalue weighted by molar-refractivity contribution is -0.161. The highest BCUT2D eigenvalue weighted by Gasteiger charge is 2.36. The van der Waals surface area contributed by atoms with Crippen LogP contribution in [-0.4, -0.2) is 61.5 Å². The van der Waals surface area contributed by atoms with E-state index in [4.69, 9.17) is 29.0 Å². The number of esters is 2. The van der Waals surface area contributed by atoms with Crippen LogP contribution in [0.25, 0.3) is 0 Å². The third-order valence-corrected chi connectivity index (χ3v) is 9.77. The maximum atomic E-state index is 12.6. The molecule has 0 saturated carbocycles. The molecule has 11 heteroatoms. The smallest absolute Gasteiger partial charge is 0.462 e. The van der Waals surface area contributed by atoms with Crippen molar-refractivity contribution in [3.63, 3.8) is 0 Å². The van der Waals surface area contributed by atoms with E-state index in [1.165, 1.54) is 44.9 Å². The quantitative estimate of drug-likeness (QED) is 0.0205. The van der Waals surface area contributed by atoms with Crippen molar-refractivity contribution in [2.24, 2.45) is 5.73 Å². The van der Waals surface area contributed by atoms with Gasteiger partial charge in [-0.1, -0.05) is 126 Å². The van der Waals surface area contributed by atoms with Crippen LogP contribution >= 0.6 is 7.82 Å². The van der Waals surface area contributed by atoms with Crippen molar-refractivity contribution in [2.75, 3.05) is 26.4 Å². The fraction of sp³-hybridized carbons (Fsp3) is 0.721. The summed E-state index contributed by atoms with van der Waals surface area (Å²) in [5, 5.41) is 0. The number of epoxide rings is 1. The first-order valence-corrected chi connectivity index (χ1v) is 22.4. The predicted octanol–water partition coefficient (Wildman–Crippen LogP) is 10.7. The standard InChI is InChI=1S/C43H74NO9P/c1-3-5-7-8-9-10-11-12-13-14-15-19-22-25-29-33-42(45)49-37-39(38-51-54(47,48)50-36-35-44)52-43(46)34-30-26-23-20-17-16-18-21-24-28-32-41-40(53-41)31-27-6-4-2/h6,12-13,16,18,20,23-24,27-28,39-41H,3-5,7-11,14-15,17,19,21-22,25-26,29-38,44H2,1-2H3,(H,47,48). The molecule has 0 aromatic carbocycles. The van der Waals surface area contributed by atoms with Gasteiger partial charge in [0, 0.05) is 19.4 Å². The molecule has 0 bridgehead atoms. The lowest BCUT2D eigenvalue weighted by Gasteiger charge is -2.19. The minimum atomic E-state index is -4.40. The van der Waals surface area contributed by atoms with Crippen LogP contribution in [0.1, 0.15) is 155 Å². The zero-order valence-corrected chi connectivity index (χ0v) is 34.5. The number of unbranched alkanes of at least 4 members (excludes halogenated alkanes) is 12. The number of ether oxygens (including phenoxy) is 3. The van der Waals surface area contributed by atoms with Gasteiger partial charge in [0.25, 0.3) is 0 Å². The fourth-order valence-electron chi connectivity index (χ4n) is 5.59. The van der Waals surface area contributed by atoms with Gasteiger partial charge in [-0.2, -0.15) is 0 Å². The molecule has 10 nitrogen and oxygen atoms in total. The summed E-state index contributed by atoms with van der Waals surface area (Å²) in [7, 11) is -4.40. The highest BCUT2D eigenvalue weighted by Crippen LogP contribution is 2.43. The third kappa shape index (κ3) is 32.0. The number of nitrogens with two attached hydrogens (primary N) is 1. The first kappa shape index (κ1) is 49.7. The summed E-state index contributed by atoms with van der Waals surface area (Å²) < 4.78 is 38.3. The number of allylic oxidation sites excluding steroid dienone is 8. The second kappa shape index (κ2) is 35.1. The van der Waals surface area contributed by atoms with Gasteiger partial charge in [0.05, 0.1) is 25.4 Å². The number of carbonyl (C=O) groups excluding carboxylic acids is 2. The van der Waals surface area contributed by atoms with Gasteiger partial charge >= 0.3 is 19.8 Å². The minimum absolute atomic E-state index is 0.0387. The monoisotopic (exact) mass is 780 g/mol. The molecule has 1 fully saturated rings. The Morgan fingerprint density at radius 1 is 0.667 bits per heavy atom. The van der Waals surface area contributed by atoms with Gasteiger partial charge in [-0.25, -0.2) is 4.57 Å². The average molecular weight is 780 g/mol. The van der Waals surface area contributed by atoms with Crippen molar-refractivity contribution >= 4 is 19.8 Å². The van der Waals surface area contributed by atoms with Gasteiger partial charge in [-0.05, 0) is 77.0 Å². The summed E-state index contributed by atoms with van der Waals surface area (Å²) in [6.07, 6.45) is 43.0. The van der Waals surface area contributed by atoms with Gasteiger partial charge in [-0.3, -0.25) is 18.6 Å². The summed E-state index contributed by atoms with van der Waals surface area (Å²) in [5.41, 5.74) is 5.34. The Labute approximate surface area is 327 Å². The number of carbonyl (C=O) groups is 2. The van der Waals surface area contributed by atoms with Crippen LogP contribution in [0.5, 0.6) is 0 Å². The summed E-state index contributed by atoms with van der Waals surface area (Å²) in [6, 6.07) is 0. The van der Waals surface area contributed by atoms with Crippen LogP contribution in [0.4, 0.5) is 0 Å². The second-order valence-corrected chi connectivity index (χ2v) is 15.3. The average Bonchev–Trinajstić information content (AvgIpc) is 3.91. The summed E-state index contributed by atoms with van der Waals surface area (Å²) in [6.45, 7) is 3.51. The number of phosphoric ester groups is 1. The van der Waals surface area contributed by atoms with Crippen molar-refractivity contribution in [3.05, 3.63) is 60.8 Å². The molecule has 1 heterocycles. The van der Waals surface area contributed by atoms with Gasteiger partial charge in [0.15, 0.2) is 6.10 Å². The van der Waals surface area contributed by atoms with Crippen LogP contribution in [0.3, 0.4) is 0 Å². The molecule has 1 aliphatic heterocycles. The SMILES string of the molecule is CCC=CCC1OC1CC=CCC=CCC=CCCCC(=O)OC(COC(=O)CCCCCCCC=CCCCCCCCC)COP(=O)(O)OCCN. The van der Waals surface area contributed by atoms with Crippen LogP contribution in [0, 0.1) is 0 Å². The molecular formula is C43H74NO9P. The van der Waals surface area contributed by atoms with E-state index in [9.17, 15) is 19.0 Å². The molecular weight excluding hydrogens is 705 g/mol. The zero-order chi connectivity index (χ0) is 39.4. The Morgan fingerprint density at radius 3 is 1.85 bits per heavy atom. The van der Waals surface area contributed by atoms with Crippen LogP contribution in [0.15, 0.2) is 60.8 Å². The van der Waals surface area contributed by atoms with E-state index in [1.807, 2.05) is 6.08 Å². The first-order valence-electron chi connectivity index (χ1n) is 20.9. The highest BCUT2D eigenvalue weighted by molar-refractivity contribution is 7.47. The molecule has 0 aromatic heterocycles. The normalized spacial score (nSPS) is 17.7. The summed E-state index contributed by atoms with van der Waals surface area (Å²) >= 11 is 0. The van der Waals surface area contributed by atoms with E-state index in [0.717, 1.165) is 64.2 Å². The van der Waals surface area contributed by atoms with Crippen LogP contribution in [-0.2, 0) is 37.4 Å². The van der Waals surface area contributed by atoms with Gasteiger partial charge < -0.3 is 24.8 Å². The molecule has 1 aliphatic rings. The molecule has 3 N–H and O–H groups in total. The lowest BCUT2D eigenvalue weighted by atomic mass is 10.1. The molecule has 0 amide bonds. The summed E-state index contributed by atoms with van der Waals surface area (Å²) in [5.74, 6) is -0.916. The molecule has 0 aromatic rings. The first-order chi connectivity index (χ1) is 26.3. The van der Waals surface area contributed by atoms with Crippen molar-refractivity contribution in [3.8, 4) is 0 Å². The molecule has 0 radical (unpaired) electrons. The minimum Gasteiger partial charge on any atom is -0.462 e. The maximum absolute atomic E-state index is 12.6. The van der Waals surface area contributed by atoms with E-state index >= 15 is 0 Å². The highest BCUT2D eigenvalue weighted by atomic mass is 31.2. The van der Waals surface area contributed by atoms with E-state index in [2.05, 4.69) is 68.5 Å². The van der Waals surface area contributed by atoms with Crippen molar-refractivity contribution in [2.45, 2.75) is 173 Å². The molecule has 0 spiro atoms. The third-order valence-electron chi connectivity index (χ3n) is 8.79. The fourth-order valence-corrected chi connectivity index (χ4v) is 6.35. The molecule has 54 heavy (non-hydrogen) atoms. The Morgan fingerprint density at radius 2 is 1.20 bits per heavy atom. The largest absolute Gasteiger partial charge is 0.472 e. The van der Waals surface area contributed by atoms with Crippen molar-refractivity contribution < 1.29 is 42.3 Å². The zero-order valence-electron chi connectivity index (χ0n) is 33.6. The molecule has 310 valence electrons. The molecule has 0 aliphatic carbocycles. The van der Waals surface area contributed by atoms with Gasteiger partial charge in [0.2, 0.25) is 0 Å². The lowest BCUT2D eigenvalue weighted by Crippen LogP contribution is -2.29. The molecule has 1 rings (SSSR count). The molecule has 4 atom stereocenters. The predicted molar refractivity (Wildman–Crippen MR) is 219 cm³/mol. The Balaban J connectivity index is 2.24. The maximum Gasteiger partial charge on any atom is 0.472 e. The van der Waals surface area contributed by atoms with E-state index in [1.54, 1.807) is 0 Å². The van der Waals surface area contributed by atoms with E-state index in [-0.39, 0.29) is 32.6 Å². The Kier molecular flexibility index (Phi) is 32.3. The summed E-state index contributed by atoms with van der Waals surface area (Å²) in [4.78, 5) is 34.8.